The molecule has 0 saturated heterocycles. The van der Waals surface area contributed by atoms with Gasteiger partial charge >= 0.3 is 17.9 Å². The summed E-state index contributed by atoms with van der Waals surface area (Å²) in [4.78, 5) is 38.0. The monoisotopic (exact) mass is 883 g/mol. The van der Waals surface area contributed by atoms with Crippen molar-refractivity contribution in [2.45, 2.75) is 284 Å². The smallest absolute Gasteiger partial charge is 0.306 e. The first-order valence-corrected chi connectivity index (χ1v) is 27.1. The number of allylic oxidation sites excluding steroid dienone is 8. The minimum absolute atomic E-state index is 0.0809. The van der Waals surface area contributed by atoms with E-state index in [-0.39, 0.29) is 31.1 Å². The maximum absolute atomic E-state index is 12.8. The lowest BCUT2D eigenvalue weighted by atomic mass is 10.0. The van der Waals surface area contributed by atoms with Gasteiger partial charge in [-0.05, 0) is 83.5 Å². The van der Waals surface area contributed by atoms with E-state index in [1.807, 2.05) is 0 Å². The third kappa shape index (κ3) is 50.2. The molecule has 0 aromatic carbocycles. The molecule has 63 heavy (non-hydrogen) atoms. The van der Waals surface area contributed by atoms with Gasteiger partial charge in [-0.3, -0.25) is 14.4 Å². The summed E-state index contributed by atoms with van der Waals surface area (Å²) in [5, 5.41) is 0. The van der Waals surface area contributed by atoms with Gasteiger partial charge in [0.05, 0.1) is 0 Å². The lowest BCUT2D eigenvalue weighted by Crippen LogP contribution is -2.30. The van der Waals surface area contributed by atoms with Gasteiger partial charge < -0.3 is 14.2 Å². The Morgan fingerprint density at radius 1 is 0.317 bits per heavy atom. The SMILES string of the molecule is CCCCC/C=C\C/C=C\CCCCCCCC(=O)OC(COC(=O)CCCCCCC/C=C\C/C=C\CCCCCC)COC(=O)CCCCCCCCCCCCCCCC. The van der Waals surface area contributed by atoms with E-state index >= 15 is 0 Å². The van der Waals surface area contributed by atoms with Gasteiger partial charge in [0.1, 0.15) is 13.2 Å². The molecule has 0 N–H and O–H groups in total. The van der Waals surface area contributed by atoms with E-state index < -0.39 is 6.10 Å². The molecule has 0 saturated carbocycles. The number of carbonyl (C=O) groups is 3. The first-order valence-electron chi connectivity index (χ1n) is 27.1. The van der Waals surface area contributed by atoms with Gasteiger partial charge in [0.15, 0.2) is 6.10 Å². The third-order valence-electron chi connectivity index (χ3n) is 11.8. The van der Waals surface area contributed by atoms with Crippen LogP contribution in [-0.2, 0) is 28.6 Å². The highest BCUT2D eigenvalue weighted by molar-refractivity contribution is 5.71. The van der Waals surface area contributed by atoms with Gasteiger partial charge in [-0.15, -0.1) is 0 Å². The van der Waals surface area contributed by atoms with Crippen molar-refractivity contribution in [1.29, 1.82) is 0 Å². The van der Waals surface area contributed by atoms with Crippen LogP contribution >= 0.6 is 0 Å². The second-order valence-electron chi connectivity index (χ2n) is 18.1. The predicted octanol–water partition coefficient (Wildman–Crippen LogP) is 17.9. The van der Waals surface area contributed by atoms with Gasteiger partial charge in [0.2, 0.25) is 0 Å². The molecule has 1 unspecified atom stereocenters. The van der Waals surface area contributed by atoms with Crippen LogP contribution in [-0.4, -0.2) is 37.2 Å². The molecule has 6 heteroatoms. The van der Waals surface area contributed by atoms with Crippen molar-refractivity contribution in [1.82, 2.24) is 0 Å². The van der Waals surface area contributed by atoms with Crippen molar-refractivity contribution in [3.05, 3.63) is 48.6 Å². The van der Waals surface area contributed by atoms with Crippen LogP contribution in [0.1, 0.15) is 278 Å². The summed E-state index contributed by atoms with van der Waals surface area (Å²) in [6.45, 7) is 6.59. The Labute approximate surface area is 390 Å². The second-order valence-corrected chi connectivity index (χ2v) is 18.1. The maximum Gasteiger partial charge on any atom is 0.306 e. The molecule has 0 spiro atoms. The fourth-order valence-electron chi connectivity index (χ4n) is 7.68. The molecule has 0 aliphatic rings. The van der Waals surface area contributed by atoms with E-state index in [9.17, 15) is 14.4 Å². The van der Waals surface area contributed by atoms with Crippen LogP contribution in [0.3, 0.4) is 0 Å². The van der Waals surface area contributed by atoms with Crippen LogP contribution in [0, 0.1) is 0 Å². The summed E-state index contributed by atoms with van der Waals surface area (Å²) >= 11 is 0. The summed E-state index contributed by atoms with van der Waals surface area (Å²) in [6, 6.07) is 0. The first-order chi connectivity index (χ1) is 31.0. The van der Waals surface area contributed by atoms with E-state index in [1.165, 1.54) is 135 Å². The molecular formula is C57H102O6. The largest absolute Gasteiger partial charge is 0.462 e. The molecule has 0 amide bonds. The number of hydrogen-bond donors (Lipinski definition) is 0. The topological polar surface area (TPSA) is 78.9 Å². The maximum atomic E-state index is 12.8. The lowest BCUT2D eigenvalue weighted by Gasteiger charge is -2.18. The highest BCUT2D eigenvalue weighted by Crippen LogP contribution is 2.15. The second kappa shape index (κ2) is 52.0. The van der Waals surface area contributed by atoms with Gasteiger partial charge in [-0.1, -0.05) is 223 Å². The molecule has 0 aromatic heterocycles. The highest BCUT2D eigenvalue weighted by Gasteiger charge is 2.19. The molecule has 0 aromatic rings. The third-order valence-corrected chi connectivity index (χ3v) is 11.8. The number of ether oxygens (including phenoxy) is 3. The standard InChI is InChI=1S/C57H102O6/c1-4-7-10-13-16-19-22-25-28-30-32-35-38-41-44-47-50-56(59)62-53-54(52-61-55(58)49-46-43-40-37-34-31-27-24-21-18-15-12-9-6-3)63-57(60)51-48-45-42-39-36-33-29-26-23-20-17-14-11-8-5-2/h17,19-20,22,26,28-30,54H,4-16,18,21,23-25,27,31-53H2,1-3H3/b20-17-,22-19-,29-26-,30-28-. The normalized spacial score (nSPS) is 12.4. The van der Waals surface area contributed by atoms with Crippen molar-refractivity contribution >= 4 is 17.9 Å². The van der Waals surface area contributed by atoms with Crippen LogP contribution < -0.4 is 0 Å². The van der Waals surface area contributed by atoms with Gasteiger partial charge in [-0.2, -0.15) is 0 Å². The first kappa shape index (κ1) is 60.4. The van der Waals surface area contributed by atoms with Crippen molar-refractivity contribution in [2.24, 2.45) is 0 Å². The average Bonchev–Trinajstić information content (AvgIpc) is 3.28. The number of rotatable bonds is 49. The Morgan fingerprint density at radius 3 is 0.921 bits per heavy atom. The molecule has 366 valence electrons. The van der Waals surface area contributed by atoms with E-state index in [1.54, 1.807) is 0 Å². The van der Waals surface area contributed by atoms with Crippen molar-refractivity contribution in [3.63, 3.8) is 0 Å². The molecule has 0 rings (SSSR count). The lowest BCUT2D eigenvalue weighted by molar-refractivity contribution is -0.167. The Kier molecular flexibility index (Phi) is 49.8. The predicted molar refractivity (Wildman–Crippen MR) is 270 cm³/mol. The number of hydrogen-bond acceptors (Lipinski definition) is 6. The van der Waals surface area contributed by atoms with Gasteiger partial charge in [-0.25, -0.2) is 0 Å². The van der Waals surface area contributed by atoms with Gasteiger partial charge in [0.25, 0.3) is 0 Å². The fraction of sp³-hybridized carbons (Fsp3) is 0.807. The minimum Gasteiger partial charge on any atom is -0.462 e. The van der Waals surface area contributed by atoms with Crippen molar-refractivity contribution in [2.75, 3.05) is 13.2 Å². The summed E-state index contributed by atoms with van der Waals surface area (Å²) in [7, 11) is 0. The molecule has 0 heterocycles. The quantitative estimate of drug-likeness (QED) is 0.0262. The van der Waals surface area contributed by atoms with Crippen LogP contribution in [0.5, 0.6) is 0 Å². The zero-order chi connectivity index (χ0) is 45.8. The summed E-state index contributed by atoms with van der Waals surface area (Å²) < 4.78 is 16.8. The highest BCUT2D eigenvalue weighted by atomic mass is 16.6. The van der Waals surface area contributed by atoms with Crippen LogP contribution in [0.4, 0.5) is 0 Å². The molecule has 0 bridgehead atoms. The summed E-state index contributed by atoms with van der Waals surface area (Å²) in [5.74, 6) is -0.899. The van der Waals surface area contributed by atoms with E-state index in [0.717, 1.165) is 103 Å². The van der Waals surface area contributed by atoms with Gasteiger partial charge in [0, 0.05) is 19.3 Å². The molecule has 6 nitrogen and oxygen atoms in total. The molecule has 0 fully saturated rings. The Morgan fingerprint density at radius 2 is 0.571 bits per heavy atom. The van der Waals surface area contributed by atoms with Crippen molar-refractivity contribution < 1.29 is 28.6 Å². The van der Waals surface area contributed by atoms with Crippen LogP contribution in [0.2, 0.25) is 0 Å². The summed E-state index contributed by atoms with van der Waals surface area (Å²) in [5.41, 5.74) is 0. The van der Waals surface area contributed by atoms with Crippen LogP contribution in [0.25, 0.3) is 0 Å². The molecule has 0 aliphatic heterocycles. The van der Waals surface area contributed by atoms with Crippen LogP contribution in [0.15, 0.2) is 48.6 Å². The molecule has 0 radical (unpaired) electrons. The minimum atomic E-state index is -0.783. The molecule has 1 atom stereocenters. The molecular weight excluding hydrogens is 781 g/mol. The van der Waals surface area contributed by atoms with Crippen molar-refractivity contribution in [3.8, 4) is 0 Å². The Bertz CT molecular complexity index is 1110. The van der Waals surface area contributed by atoms with E-state index in [2.05, 4.69) is 69.4 Å². The Balaban J connectivity index is 4.41. The number of esters is 3. The number of unbranched alkanes of at least 4 members (excludes halogenated alkanes) is 30. The van der Waals surface area contributed by atoms with E-state index in [0.29, 0.717) is 19.3 Å². The van der Waals surface area contributed by atoms with E-state index in [4.69, 9.17) is 14.2 Å². The molecule has 0 aliphatic carbocycles. The fourth-order valence-corrected chi connectivity index (χ4v) is 7.68. The summed E-state index contributed by atoms with van der Waals surface area (Å²) in [6.07, 6.45) is 62.3. The zero-order valence-electron chi connectivity index (χ0n) is 41.8. The zero-order valence-corrected chi connectivity index (χ0v) is 41.8. The average molecular weight is 883 g/mol. The number of carbonyl (C=O) groups excluding carboxylic acids is 3. The Hall–Kier alpha value is -2.63.